The zero-order valence-electron chi connectivity index (χ0n) is 5.89. The molecule has 50 valence electrons. The van der Waals surface area contributed by atoms with Crippen molar-refractivity contribution in [3.05, 3.63) is 24.3 Å². The van der Waals surface area contributed by atoms with E-state index in [1.165, 1.54) is 5.70 Å². The number of rotatable bonds is 1. The Bertz CT molecular complexity index is 147. The molecular weight excluding hydrogens is 112 g/mol. The summed E-state index contributed by atoms with van der Waals surface area (Å²) >= 11 is 0. The van der Waals surface area contributed by atoms with Gasteiger partial charge in [-0.2, -0.15) is 0 Å². The van der Waals surface area contributed by atoms with Crippen LogP contribution in [0.2, 0.25) is 0 Å². The largest absolute Gasteiger partial charge is 0.365 e. The lowest BCUT2D eigenvalue weighted by Crippen LogP contribution is -2.17. The molecule has 0 saturated heterocycles. The van der Waals surface area contributed by atoms with E-state index in [2.05, 4.69) is 17.1 Å². The van der Waals surface area contributed by atoms with E-state index in [4.69, 9.17) is 0 Å². The fourth-order valence-electron chi connectivity index (χ4n) is 0.848. The lowest BCUT2D eigenvalue weighted by Gasteiger charge is -2.19. The van der Waals surface area contributed by atoms with Crippen molar-refractivity contribution in [1.82, 2.24) is 10.2 Å². The summed E-state index contributed by atoms with van der Waals surface area (Å²) in [5.41, 5.74) is 1.32. The number of hydrogen-bond donors (Lipinski definition) is 1. The van der Waals surface area contributed by atoms with E-state index in [1.807, 2.05) is 25.6 Å². The molecule has 0 spiro atoms. The highest BCUT2D eigenvalue weighted by Gasteiger charge is 1.99. The van der Waals surface area contributed by atoms with Crippen molar-refractivity contribution in [3.8, 4) is 0 Å². The Balaban J connectivity index is 2.59. The maximum absolute atomic E-state index is 3.03. The van der Waals surface area contributed by atoms with Crippen molar-refractivity contribution >= 4 is 0 Å². The van der Waals surface area contributed by atoms with Gasteiger partial charge in [0.05, 0.1) is 0 Å². The van der Waals surface area contributed by atoms with E-state index in [-0.39, 0.29) is 0 Å². The quantitative estimate of drug-likeness (QED) is 0.566. The first-order chi connectivity index (χ1) is 4.34. The van der Waals surface area contributed by atoms with E-state index in [9.17, 15) is 0 Å². The zero-order valence-corrected chi connectivity index (χ0v) is 5.89. The van der Waals surface area contributed by atoms with E-state index in [1.54, 1.807) is 0 Å². The molecule has 1 rings (SSSR count). The second-order valence-electron chi connectivity index (χ2n) is 2.08. The van der Waals surface area contributed by atoms with E-state index in [0.717, 1.165) is 6.42 Å². The Labute approximate surface area is 55.9 Å². The first-order valence-electron chi connectivity index (χ1n) is 3.19. The molecule has 1 aliphatic heterocycles. The second-order valence-corrected chi connectivity index (χ2v) is 2.08. The molecule has 1 N–H and O–H groups in total. The molecule has 9 heavy (non-hydrogen) atoms. The smallest absolute Gasteiger partial charge is 0.0330 e. The van der Waals surface area contributed by atoms with Crippen molar-refractivity contribution in [2.45, 2.75) is 13.3 Å². The molecule has 0 fully saturated rings. The Morgan fingerprint density at radius 2 is 2.44 bits per heavy atom. The van der Waals surface area contributed by atoms with Gasteiger partial charge in [-0.05, 0) is 6.42 Å². The fourth-order valence-corrected chi connectivity index (χ4v) is 0.848. The van der Waals surface area contributed by atoms with Gasteiger partial charge in [-0.25, -0.2) is 0 Å². The minimum atomic E-state index is 1.08. The van der Waals surface area contributed by atoms with Gasteiger partial charge in [-0.3, -0.25) is 0 Å². The molecule has 0 atom stereocenters. The molecule has 1 aliphatic rings. The molecule has 0 radical (unpaired) electrons. The summed E-state index contributed by atoms with van der Waals surface area (Å²) in [4.78, 5) is 2.11. The van der Waals surface area contributed by atoms with Crippen LogP contribution >= 0.6 is 0 Å². The number of nitrogens with one attached hydrogen (secondary N) is 1. The van der Waals surface area contributed by atoms with Crippen LogP contribution in [0.1, 0.15) is 13.3 Å². The van der Waals surface area contributed by atoms with Gasteiger partial charge in [0, 0.05) is 31.3 Å². The predicted molar refractivity (Wildman–Crippen MR) is 38.4 cm³/mol. The van der Waals surface area contributed by atoms with E-state index < -0.39 is 0 Å². The molecule has 2 nitrogen and oxygen atoms in total. The van der Waals surface area contributed by atoms with E-state index >= 15 is 0 Å². The molecule has 0 saturated carbocycles. The first-order valence-corrected chi connectivity index (χ1v) is 3.19. The third kappa shape index (κ3) is 1.25. The summed E-state index contributed by atoms with van der Waals surface area (Å²) in [7, 11) is 2.05. The highest BCUT2D eigenvalue weighted by molar-refractivity contribution is 5.08. The molecule has 1 heterocycles. The maximum atomic E-state index is 3.03. The van der Waals surface area contributed by atoms with Crippen LogP contribution in [0.25, 0.3) is 0 Å². The van der Waals surface area contributed by atoms with Crippen LogP contribution in [0.4, 0.5) is 0 Å². The van der Waals surface area contributed by atoms with Gasteiger partial charge in [-0.15, -0.1) is 0 Å². The third-order valence-electron chi connectivity index (χ3n) is 1.46. The van der Waals surface area contributed by atoms with Crippen molar-refractivity contribution in [2.75, 3.05) is 7.05 Å². The van der Waals surface area contributed by atoms with Crippen molar-refractivity contribution < 1.29 is 0 Å². The Kier molecular flexibility index (Phi) is 1.78. The number of hydrogen-bond acceptors (Lipinski definition) is 2. The van der Waals surface area contributed by atoms with E-state index in [0.29, 0.717) is 0 Å². The predicted octanol–water partition coefficient (Wildman–Crippen LogP) is 1.24. The first kappa shape index (κ1) is 6.20. The number of allylic oxidation sites excluding steroid dienone is 1. The topological polar surface area (TPSA) is 15.3 Å². The minimum Gasteiger partial charge on any atom is -0.365 e. The van der Waals surface area contributed by atoms with Crippen molar-refractivity contribution in [3.63, 3.8) is 0 Å². The van der Waals surface area contributed by atoms with Gasteiger partial charge in [0.2, 0.25) is 0 Å². The van der Waals surface area contributed by atoms with Gasteiger partial charge >= 0.3 is 0 Å². The van der Waals surface area contributed by atoms with Crippen LogP contribution < -0.4 is 5.32 Å². The normalized spacial score (nSPS) is 17.1. The monoisotopic (exact) mass is 124 g/mol. The molecule has 0 amide bonds. The molecule has 2 heteroatoms. The molecule has 0 unspecified atom stereocenters. The molecule has 0 aromatic rings. The molecule has 0 bridgehead atoms. The molecule has 0 aromatic carbocycles. The van der Waals surface area contributed by atoms with Gasteiger partial charge < -0.3 is 10.2 Å². The van der Waals surface area contributed by atoms with Crippen molar-refractivity contribution in [1.29, 1.82) is 0 Å². The lowest BCUT2D eigenvalue weighted by molar-refractivity contribution is 0.528. The highest BCUT2D eigenvalue weighted by atomic mass is 15.1. The summed E-state index contributed by atoms with van der Waals surface area (Å²) in [5.74, 6) is 0. The summed E-state index contributed by atoms with van der Waals surface area (Å²) < 4.78 is 0. The minimum absolute atomic E-state index is 1.08. The summed E-state index contributed by atoms with van der Waals surface area (Å²) in [6.45, 7) is 2.14. The van der Waals surface area contributed by atoms with Crippen LogP contribution in [0.5, 0.6) is 0 Å². The third-order valence-corrected chi connectivity index (χ3v) is 1.46. The van der Waals surface area contributed by atoms with Gasteiger partial charge in [0.1, 0.15) is 0 Å². The molecule has 0 aliphatic carbocycles. The Morgan fingerprint density at radius 3 is 2.89 bits per heavy atom. The van der Waals surface area contributed by atoms with Gasteiger partial charge in [0.25, 0.3) is 0 Å². The molecule has 0 aromatic heterocycles. The lowest BCUT2D eigenvalue weighted by atomic mass is 10.3. The summed E-state index contributed by atoms with van der Waals surface area (Å²) in [6, 6.07) is 0. The maximum Gasteiger partial charge on any atom is 0.0330 e. The fraction of sp³-hybridized carbons (Fsp3) is 0.429. The van der Waals surface area contributed by atoms with Crippen LogP contribution in [-0.4, -0.2) is 11.9 Å². The van der Waals surface area contributed by atoms with Crippen LogP contribution in [0.15, 0.2) is 24.3 Å². The SMILES string of the molecule is CCC1=CNC=CN1C. The Morgan fingerprint density at radius 1 is 1.67 bits per heavy atom. The van der Waals surface area contributed by atoms with Gasteiger partial charge in [-0.1, -0.05) is 6.92 Å². The summed E-state index contributed by atoms with van der Waals surface area (Å²) in [5, 5.41) is 3.03. The van der Waals surface area contributed by atoms with Crippen LogP contribution in [-0.2, 0) is 0 Å². The Hall–Kier alpha value is -0.920. The van der Waals surface area contributed by atoms with Crippen LogP contribution in [0, 0.1) is 0 Å². The average molecular weight is 124 g/mol. The zero-order chi connectivity index (χ0) is 6.69. The molecular formula is C7H12N2. The van der Waals surface area contributed by atoms with Crippen LogP contribution in [0.3, 0.4) is 0 Å². The number of nitrogens with zero attached hydrogens (tertiary/aromatic N) is 1. The summed E-state index contributed by atoms with van der Waals surface area (Å²) in [6.07, 6.45) is 7.02. The highest BCUT2D eigenvalue weighted by Crippen LogP contribution is 2.07. The van der Waals surface area contributed by atoms with Crippen molar-refractivity contribution in [2.24, 2.45) is 0 Å². The van der Waals surface area contributed by atoms with Gasteiger partial charge in [0.15, 0.2) is 0 Å². The second kappa shape index (κ2) is 2.58. The standard InChI is InChI=1S/C7H12N2/c1-3-7-6-8-4-5-9(7)2/h4-6,8H,3H2,1-2H3. The average Bonchev–Trinajstić information content (AvgIpc) is 1.89.